The van der Waals surface area contributed by atoms with Crippen LogP contribution in [0.3, 0.4) is 0 Å². The van der Waals surface area contributed by atoms with E-state index in [0.717, 1.165) is 11.8 Å². The summed E-state index contributed by atoms with van der Waals surface area (Å²) in [7, 11) is 0. The maximum absolute atomic E-state index is 5.85. The van der Waals surface area contributed by atoms with Gasteiger partial charge in [-0.25, -0.2) is 0 Å². The van der Waals surface area contributed by atoms with Crippen LogP contribution in [0.15, 0.2) is 24.3 Å². The number of hydrogen-bond donors (Lipinski definition) is 2. The molecular formula is C17H26N2. The van der Waals surface area contributed by atoms with Gasteiger partial charge in [0.25, 0.3) is 0 Å². The minimum absolute atomic E-state index is 0.511. The van der Waals surface area contributed by atoms with Crippen LogP contribution in [0.1, 0.15) is 49.7 Å². The summed E-state index contributed by atoms with van der Waals surface area (Å²) in [6.45, 7) is 0. The number of rotatable bonds is 4. The third kappa shape index (κ3) is 3.01. The Morgan fingerprint density at radius 2 is 1.84 bits per heavy atom. The first-order valence-corrected chi connectivity index (χ1v) is 7.89. The van der Waals surface area contributed by atoms with Crippen molar-refractivity contribution >= 4 is 0 Å². The molecule has 2 nitrogen and oxygen atoms in total. The van der Waals surface area contributed by atoms with Crippen molar-refractivity contribution in [2.45, 2.75) is 57.4 Å². The second-order valence-corrected chi connectivity index (χ2v) is 6.43. The minimum atomic E-state index is 0.511. The minimum Gasteiger partial charge on any atom is -0.271 e. The number of aryl methyl sites for hydroxylation is 1. The predicted octanol–water partition coefficient (Wildman–Crippen LogP) is 3.20. The Kier molecular flexibility index (Phi) is 4.19. The standard InChI is InChI=1S/C17H26N2/c18-19-17(11-13-5-1-2-6-13)16-10-9-14-7-3-4-8-15(14)12-16/h3-4,7-8,13,16-17,19H,1-2,5-6,9-12,18H2. The van der Waals surface area contributed by atoms with Gasteiger partial charge in [0, 0.05) is 6.04 Å². The third-order valence-electron chi connectivity index (χ3n) is 5.23. The Morgan fingerprint density at radius 3 is 2.58 bits per heavy atom. The molecule has 0 spiro atoms. The first-order valence-electron chi connectivity index (χ1n) is 7.89. The summed E-state index contributed by atoms with van der Waals surface area (Å²) in [5.41, 5.74) is 6.23. The Morgan fingerprint density at radius 1 is 1.11 bits per heavy atom. The Bertz CT molecular complexity index is 409. The molecule has 104 valence electrons. The lowest BCUT2D eigenvalue weighted by atomic mass is 9.77. The zero-order valence-corrected chi connectivity index (χ0v) is 11.8. The van der Waals surface area contributed by atoms with Gasteiger partial charge in [-0.05, 0) is 48.6 Å². The molecule has 2 heteroatoms. The number of benzene rings is 1. The maximum Gasteiger partial charge on any atom is 0.0244 e. The Balaban J connectivity index is 1.64. The lowest BCUT2D eigenvalue weighted by Gasteiger charge is -2.32. The summed E-state index contributed by atoms with van der Waals surface area (Å²) >= 11 is 0. The zero-order chi connectivity index (χ0) is 13.1. The van der Waals surface area contributed by atoms with Crippen LogP contribution in [-0.2, 0) is 12.8 Å². The summed E-state index contributed by atoms with van der Waals surface area (Å²) in [4.78, 5) is 0. The quantitative estimate of drug-likeness (QED) is 0.643. The van der Waals surface area contributed by atoms with Crippen LogP contribution in [-0.4, -0.2) is 6.04 Å². The molecule has 1 aromatic rings. The van der Waals surface area contributed by atoms with Gasteiger partial charge in [0.05, 0.1) is 0 Å². The topological polar surface area (TPSA) is 38.0 Å². The van der Waals surface area contributed by atoms with Crippen LogP contribution in [0.5, 0.6) is 0 Å². The number of nitrogens with one attached hydrogen (secondary N) is 1. The van der Waals surface area contributed by atoms with Gasteiger partial charge in [-0.1, -0.05) is 49.9 Å². The highest BCUT2D eigenvalue weighted by molar-refractivity contribution is 5.30. The molecule has 1 saturated carbocycles. The Labute approximate surface area is 116 Å². The average molecular weight is 258 g/mol. The van der Waals surface area contributed by atoms with E-state index in [-0.39, 0.29) is 0 Å². The largest absolute Gasteiger partial charge is 0.271 e. The molecule has 2 unspecified atom stereocenters. The fourth-order valence-corrected chi connectivity index (χ4v) is 4.07. The normalized spacial score (nSPS) is 25.2. The first kappa shape index (κ1) is 13.1. The van der Waals surface area contributed by atoms with Gasteiger partial charge in [0.15, 0.2) is 0 Å². The van der Waals surface area contributed by atoms with E-state index in [4.69, 9.17) is 5.84 Å². The van der Waals surface area contributed by atoms with Gasteiger partial charge in [0.1, 0.15) is 0 Å². The number of fused-ring (bicyclic) bond motifs is 1. The molecule has 0 bridgehead atoms. The van der Waals surface area contributed by atoms with E-state index in [9.17, 15) is 0 Å². The Hall–Kier alpha value is -0.860. The van der Waals surface area contributed by atoms with Crippen molar-refractivity contribution in [2.24, 2.45) is 17.7 Å². The fourth-order valence-electron chi connectivity index (χ4n) is 4.07. The van der Waals surface area contributed by atoms with Crippen molar-refractivity contribution in [3.05, 3.63) is 35.4 Å². The van der Waals surface area contributed by atoms with E-state index in [1.54, 1.807) is 11.1 Å². The summed E-state index contributed by atoms with van der Waals surface area (Å²) < 4.78 is 0. The van der Waals surface area contributed by atoms with Gasteiger partial charge in [-0.3, -0.25) is 11.3 Å². The molecule has 19 heavy (non-hydrogen) atoms. The average Bonchev–Trinajstić information content (AvgIpc) is 2.97. The van der Waals surface area contributed by atoms with Gasteiger partial charge >= 0.3 is 0 Å². The van der Waals surface area contributed by atoms with E-state index < -0.39 is 0 Å². The SMILES string of the molecule is NNC(CC1CCCC1)C1CCc2ccccc2C1. The third-order valence-corrected chi connectivity index (χ3v) is 5.23. The molecular weight excluding hydrogens is 232 g/mol. The molecule has 0 amide bonds. The van der Waals surface area contributed by atoms with E-state index in [0.29, 0.717) is 6.04 Å². The smallest absolute Gasteiger partial charge is 0.0244 e. The van der Waals surface area contributed by atoms with E-state index in [1.807, 2.05) is 0 Å². The second kappa shape index (κ2) is 6.06. The van der Waals surface area contributed by atoms with Crippen LogP contribution in [0.4, 0.5) is 0 Å². The molecule has 0 radical (unpaired) electrons. The number of hydrazine groups is 1. The van der Waals surface area contributed by atoms with Gasteiger partial charge in [-0.2, -0.15) is 0 Å². The van der Waals surface area contributed by atoms with Crippen LogP contribution in [0.25, 0.3) is 0 Å². The molecule has 0 aliphatic heterocycles. The highest BCUT2D eigenvalue weighted by Gasteiger charge is 2.28. The predicted molar refractivity (Wildman–Crippen MR) is 79.6 cm³/mol. The zero-order valence-electron chi connectivity index (χ0n) is 11.8. The van der Waals surface area contributed by atoms with Crippen molar-refractivity contribution < 1.29 is 0 Å². The lowest BCUT2D eigenvalue weighted by Crippen LogP contribution is -2.44. The second-order valence-electron chi connectivity index (χ2n) is 6.43. The molecule has 0 saturated heterocycles. The first-order chi connectivity index (χ1) is 9.36. The van der Waals surface area contributed by atoms with Crippen molar-refractivity contribution in [3.8, 4) is 0 Å². The summed E-state index contributed by atoms with van der Waals surface area (Å²) in [6.07, 6.45) is 10.7. The monoisotopic (exact) mass is 258 g/mol. The van der Waals surface area contributed by atoms with Crippen molar-refractivity contribution in [2.75, 3.05) is 0 Å². The molecule has 2 aliphatic rings. The summed E-state index contributed by atoms with van der Waals surface area (Å²) in [5.74, 6) is 7.49. The van der Waals surface area contributed by atoms with Crippen LogP contribution < -0.4 is 11.3 Å². The molecule has 0 aromatic heterocycles. The summed E-state index contributed by atoms with van der Waals surface area (Å²) in [6, 6.07) is 9.42. The molecule has 2 aliphatic carbocycles. The molecule has 0 heterocycles. The van der Waals surface area contributed by atoms with E-state index in [1.165, 1.54) is 51.4 Å². The lowest BCUT2D eigenvalue weighted by molar-refractivity contribution is 0.271. The maximum atomic E-state index is 5.85. The van der Waals surface area contributed by atoms with Gasteiger partial charge in [-0.15, -0.1) is 0 Å². The fraction of sp³-hybridized carbons (Fsp3) is 0.647. The highest BCUT2D eigenvalue weighted by atomic mass is 15.2. The van der Waals surface area contributed by atoms with E-state index in [2.05, 4.69) is 29.7 Å². The molecule has 1 aromatic carbocycles. The highest BCUT2D eigenvalue weighted by Crippen LogP contribution is 2.34. The molecule has 2 atom stereocenters. The summed E-state index contributed by atoms with van der Waals surface area (Å²) in [5, 5.41) is 0. The molecule has 3 N–H and O–H groups in total. The molecule has 3 rings (SSSR count). The van der Waals surface area contributed by atoms with Crippen LogP contribution in [0.2, 0.25) is 0 Å². The van der Waals surface area contributed by atoms with E-state index >= 15 is 0 Å². The van der Waals surface area contributed by atoms with Crippen molar-refractivity contribution in [1.82, 2.24) is 5.43 Å². The van der Waals surface area contributed by atoms with Gasteiger partial charge in [0.2, 0.25) is 0 Å². The number of nitrogens with two attached hydrogens (primary N) is 1. The van der Waals surface area contributed by atoms with Crippen molar-refractivity contribution in [3.63, 3.8) is 0 Å². The number of hydrogen-bond acceptors (Lipinski definition) is 2. The van der Waals surface area contributed by atoms with Gasteiger partial charge < -0.3 is 0 Å². The molecule has 1 fully saturated rings. The van der Waals surface area contributed by atoms with Crippen LogP contribution >= 0.6 is 0 Å². The van der Waals surface area contributed by atoms with Crippen LogP contribution in [0, 0.1) is 11.8 Å². The van der Waals surface area contributed by atoms with Crippen molar-refractivity contribution in [1.29, 1.82) is 0 Å².